The van der Waals surface area contributed by atoms with Gasteiger partial charge in [-0.25, -0.2) is 4.72 Å². The number of nitrogens with two attached hydrogens (primary N) is 1. The molecule has 3 nitrogen and oxygen atoms in total. The Morgan fingerprint density at radius 2 is 2.12 bits per heavy atom. The van der Waals surface area contributed by atoms with Crippen molar-refractivity contribution in [2.75, 3.05) is 6.54 Å². The van der Waals surface area contributed by atoms with Crippen molar-refractivity contribution >= 4 is 12.1 Å². The second-order valence-corrected chi connectivity index (χ2v) is 6.61. The van der Waals surface area contributed by atoms with Crippen LogP contribution in [0.15, 0.2) is 23.0 Å². The van der Waals surface area contributed by atoms with Gasteiger partial charge in [-0.15, -0.1) is 0 Å². The van der Waals surface area contributed by atoms with Gasteiger partial charge in [0.2, 0.25) is 0 Å². The van der Waals surface area contributed by atoms with Crippen LogP contribution in [0.2, 0.25) is 0 Å². The highest BCUT2D eigenvalue weighted by Gasteiger charge is 2.25. The Labute approximate surface area is 109 Å². The molecule has 2 rings (SSSR count). The smallest absolute Gasteiger partial charge is 0.0491 e. The van der Waals surface area contributed by atoms with Crippen molar-refractivity contribution in [3.05, 3.63) is 23.0 Å². The largest absolute Gasteiger partial charge is 0.402 e. The van der Waals surface area contributed by atoms with Crippen LogP contribution in [-0.4, -0.2) is 16.4 Å². The minimum Gasteiger partial charge on any atom is -0.402 e. The van der Waals surface area contributed by atoms with E-state index >= 15 is 0 Å². The molecule has 1 aliphatic heterocycles. The molecular weight excluding hydrogens is 230 g/mol. The minimum absolute atomic E-state index is 0.132. The zero-order valence-electron chi connectivity index (χ0n) is 11.0. The molecule has 2 aliphatic rings. The Balaban J connectivity index is 2.06. The number of piperidine rings is 1. The van der Waals surface area contributed by atoms with Gasteiger partial charge in [0.1, 0.15) is 0 Å². The first-order valence-corrected chi connectivity index (χ1v) is 7.14. The summed E-state index contributed by atoms with van der Waals surface area (Å²) in [6, 6.07) is 0. The lowest BCUT2D eigenvalue weighted by molar-refractivity contribution is 0.473. The highest BCUT2D eigenvalue weighted by Crippen LogP contribution is 2.36. The lowest BCUT2D eigenvalue weighted by Gasteiger charge is -2.36. The summed E-state index contributed by atoms with van der Waals surface area (Å²) in [5, 5.41) is 0. The van der Waals surface area contributed by atoms with Gasteiger partial charge in [-0.1, -0.05) is 6.08 Å². The second kappa shape index (κ2) is 4.94. The Morgan fingerprint density at radius 3 is 2.82 bits per heavy atom. The molecule has 96 valence electrons. The highest BCUT2D eigenvalue weighted by molar-refractivity contribution is 7.95. The van der Waals surface area contributed by atoms with Crippen LogP contribution in [0.5, 0.6) is 0 Å². The van der Waals surface area contributed by atoms with Crippen molar-refractivity contribution in [2.45, 2.75) is 52.0 Å². The van der Waals surface area contributed by atoms with Crippen LogP contribution in [-0.2, 0) is 0 Å². The molecule has 0 unspecified atom stereocenters. The Hall–Kier alpha value is -0.610. The first kappa shape index (κ1) is 12.8. The van der Waals surface area contributed by atoms with Crippen LogP contribution >= 0.6 is 12.1 Å². The van der Waals surface area contributed by atoms with E-state index in [1.54, 1.807) is 12.1 Å². The number of nitrogens with zero attached hydrogens (tertiary/aromatic N) is 1. The van der Waals surface area contributed by atoms with Crippen molar-refractivity contribution in [3.8, 4) is 0 Å². The highest BCUT2D eigenvalue weighted by atomic mass is 32.2. The summed E-state index contributed by atoms with van der Waals surface area (Å²) in [6.07, 6.45) is 6.79. The first-order chi connectivity index (χ1) is 7.97. The summed E-state index contributed by atoms with van der Waals surface area (Å²) in [4.78, 5) is 0. The lowest BCUT2D eigenvalue weighted by atomic mass is 9.93. The average molecular weight is 253 g/mol. The number of allylic oxidation sites excluding steroid dienone is 3. The molecule has 1 fully saturated rings. The van der Waals surface area contributed by atoms with E-state index in [4.69, 9.17) is 5.73 Å². The van der Waals surface area contributed by atoms with E-state index in [2.05, 4.69) is 35.9 Å². The molecule has 0 bridgehead atoms. The van der Waals surface area contributed by atoms with E-state index in [1.165, 1.54) is 17.7 Å². The molecular formula is C13H23N3S. The average Bonchev–Trinajstić information content (AvgIpc) is 2.26. The fraction of sp³-hybridized carbons (Fsp3) is 0.692. The van der Waals surface area contributed by atoms with E-state index in [0.717, 1.165) is 31.5 Å². The van der Waals surface area contributed by atoms with Crippen molar-refractivity contribution in [1.82, 2.24) is 9.03 Å². The topological polar surface area (TPSA) is 41.3 Å². The molecule has 0 aromatic heterocycles. The normalized spacial score (nSPS) is 21.4. The van der Waals surface area contributed by atoms with Gasteiger partial charge in [0, 0.05) is 35.6 Å². The minimum atomic E-state index is 0.132. The molecule has 0 spiro atoms. The van der Waals surface area contributed by atoms with Crippen LogP contribution in [0.1, 0.15) is 46.5 Å². The van der Waals surface area contributed by atoms with Gasteiger partial charge in [-0.3, -0.25) is 0 Å². The number of fused-ring (bicyclic) bond motifs is 1. The number of rotatable bonds is 2. The van der Waals surface area contributed by atoms with Gasteiger partial charge in [0.25, 0.3) is 0 Å². The van der Waals surface area contributed by atoms with Crippen molar-refractivity contribution in [1.29, 1.82) is 0 Å². The quantitative estimate of drug-likeness (QED) is 0.743. The van der Waals surface area contributed by atoms with E-state index in [-0.39, 0.29) is 5.54 Å². The second-order valence-electron chi connectivity index (χ2n) is 5.78. The molecule has 0 amide bonds. The molecule has 4 heteroatoms. The lowest BCUT2D eigenvalue weighted by Crippen LogP contribution is -2.36. The monoisotopic (exact) mass is 253 g/mol. The van der Waals surface area contributed by atoms with Crippen molar-refractivity contribution in [3.63, 3.8) is 0 Å². The van der Waals surface area contributed by atoms with Crippen LogP contribution in [0.3, 0.4) is 0 Å². The molecule has 1 saturated heterocycles. The van der Waals surface area contributed by atoms with Crippen LogP contribution in [0.25, 0.3) is 0 Å². The summed E-state index contributed by atoms with van der Waals surface area (Å²) in [5.41, 5.74) is 10.1. The Kier molecular flexibility index (Phi) is 3.73. The van der Waals surface area contributed by atoms with Gasteiger partial charge < -0.3 is 10.0 Å². The van der Waals surface area contributed by atoms with Gasteiger partial charge in [0.15, 0.2) is 0 Å². The molecule has 0 aromatic carbocycles. The van der Waals surface area contributed by atoms with Crippen LogP contribution in [0, 0.1) is 0 Å². The summed E-state index contributed by atoms with van der Waals surface area (Å²) < 4.78 is 5.84. The molecule has 0 saturated carbocycles. The molecule has 0 radical (unpaired) electrons. The molecule has 1 heterocycles. The third-order valence-corrected chi connectivity index (χ3v) is 4.27. The number of nitrogens with one attached hydrogen (secondary N) is 1. The fourth-order valence-electron chi connectivity index (χ4n) is 2.15. The molecule has 17 heavy (non-hydrogen) atoms. The third-order valence-electron chi connectivity index (χ3n) is 2.97. The van der Waals surface area contributed by atoms with E-state index in [1.807, 2.05) is 0 Å². The fourth-order valence-corrected chi connectivity index (χ4v) is 3.04. The van der Waals surface area contributed by atoms with Gasteiger partial charge >= 0.3 is 0 Å². The summed E-state index contributed by atoms with van der Waals surface area (Å²) in [5.74, 6) is 0. The zero-order chi connectivity index (χ0) is 12.5. The van der Waals surface area contributed by atoms with E-state index < -0.39 is 0 Å². The Bertz CT molecular complexity index is 352. The van der Waals surface area contributed by atoms with Gasteiger partial charge in [0.05, 0.1) is 0 Å². The van der Waals surface area contributed by atoms with Crippen LogP contribution < -0.4 is 10.5 Å². The van der Waals surface area contributed by atoms with Gasteiger partial charge in [-0.2, -0.15) is 0 Å². The molecule has 0 aromatic rings. The van der Waals surface area contributed by atoms with Gasteiger partial charge in [-0.05, 0) is 52.0 Å². The Morgan fingerprint density at radius 1 is 1.35 bits per heavy atom. The van der Waals surface area contributed by atoms with Crippen LogP contribution in [0.4, 0.5) is 0 Å². The van der Waals surface area contributed by atoms with E-state index in [0.29, 0.717) is 0 Å². The summed E-state index contributed by atoms with van der Waals surface area (Å²) in [6.45, 7) is 7.66. The summed E-state index contributed by atoms with van der Waals surface area (Å²) >= 11 is 1.72. The standard InChI is InChI=1S/C13H23N3S/c1-13(2,3)15-17-16-9-5-6-10-11(14)7-4-8-12(10)16/h8,15H,4-7,9,14H2,1-3H3. The number of hydrogen-bond acceptors (Lipinski definition) is 4. The maximum atomic E-state index is 6.12. The molecule has 0 atom stereocenters. The third kappa shape index (κ3) is 3.19. The SMILES string of the molecule is CC(C)(C)NSN1CCCC2=C(N)CCC=C21. The van der Waals surface area contributed by atoms with Crippen molar-refractivity contribution < 1.29 is 0 Å². The predicted octanol–water partition coefficient (Wildman–Crippen LogP) is 2.92. The maximum absolute atomic E-state index is 6.12. The summed E-state index contributed by atoms with van der Waals surface area (Å²) in [7, 11) is 0. The van der Waals surface area contributed by atoms with Crippen molar-refractivity contribution in [2.24, 2.45) is 5.73 Å². The molecule has 1 aliphatic carbocycles. The maximum Gasteiger partial charge on any atom is 0.0491 e. The van der Waals surface area contributed by atoms with E-state index in [9.17, 15) is 0 Å². The molecule has 3 N–H and O–H groups in total. The predicted molar refractivity (Wildman–Crippen MR) is 75.0 cm³/mol. The zero-order valence-corrected chi connectivity index (χ0v) is 11.9. The number of hydrogen-bond donors (Lipinski definition) is 2. The first-order valence-electron chi connectivity index (χ1n) is 6.37.